The molecule has 0 rings (SSSR count). The third kappa shape index (κ3) is 7.25. The Morgan fingerprint density at radius 1 is 1.23 bits per heavy atom. The molecule has 0 aromatic carbocycles. The van der Waals surface area contributed by atoms with E-state index in [0.29, 0.717) is 6.42 Å². The second kappa shape index (κ2) is 4.80. The Hall–Kier alpha value is -1.12. The van der Waals surface area contributed by atoms with Crippen molar-refractivity contribution < 1.29 is 14.3 Å². The Balaban J connectivity index is 4.02. The van der Waals surface area contributed by atoms with E-state index in [-0.39, 0.29) is 5.78 Å². The van der Waals surface area contributed by atoms with Gasteiger partial charge >= 0.3 is 5.97 Å². The summed E-state index contributed by atoms with van der Waals surface area (Å²) in [6.45, 7) is 7.07. The highest BCUT2D eigenvalue weighted by Crippen LogP contribution is 2.06. The zero-order chi connectivity index (χ0) is 10.5. The molecule has 3 heteroatoms. The number of allylic oxidation sites excluding steroid dienone is 1. The highest BCUT2D eigenvalue weighted by Gasteiger charge is 2.13. The molecular formula is C10H16O3. The largest absolute Gasteiger partial charge is 0.457 e. The third-order valence-electron chi connectivity index (χ3n) is 1.16. The summed E-state index contributed by atoms with van der Waals surface area (Å²) in [5.41, 5.74) is -0.503. The Bertz CT molecular complexity index is 221. The van der Waals surface area contributed by atoms with Crippen LogP contribution in [0.1, 0.15) is 34.1 Å². The van der Waals surface area contributed by atoms with E-state index in [9.17, 15) is 9.59 Å². The first-order chi connectivity index (χ1) is 5.85. The first-order valence-electron chi connectivity index (χ1n) is 4.29. The summed E-state index contributed by atoms with van der Waals surface area (Å²) in [7, 11) is 0. The van der Waals surface area contributed by atoms with Gasteiger partial charge in [0.15, 0.2) is 5.78 Å². The molecule has 3 nitrogen and oxygen atoms in total. The van der Waals surface area contributed by atoms with Gasteiger partial charge in [0.25, 0.3) is 0 Å². The van der Waals surface area contributed by atoms with Gasteiger partial charge < -0.3 is 4.74 Å². The SMILES string of the molecule is CCC(=O)/C=C/C(=O)OC(C)(C)C. The van der Waals surface area contributed by atoms with Crippen LogP contribution in [0.5, 0.6) is 0 Å². The van der Waals surface area contributed by atoms with Crippen molar-refractivity contribution in [3.8, 4) is 0 Å². The lowest BCUT2D eigenvalue weighted by Crippen LogP contribution is -2.22. The Labute approximate surface area is 78.8 Å². The maximum Gasteiger partial charge on any atom is 0.331 e. The zero-order valence-electron chi connectivity index (χ0n) is 8.59. The zero-order valence-corrected chi connectivity index (χ0v) is 8.59. The van der Waals surface area contributed by atoms with Gasteiger partial charge in [0.1, 0.15) is 5.60 Å². The van der Waals surface area contributed by atoms with Gasteiger partial charge in [0.05, 0.1) is 0 Å². The van der Waals surface area contributed by atoms with Crippen LogP contribution in [-0.4, -0.2) is 17.4 Å². The molecule has 0 aliphatic rings. The van der Waals surface area contributed by atoms with E-state index >= 15 is 0 Å². The van der Waals surface area contributed by atoms with E-state index in [1.165, 1.54) is 6.08 Å². The van der Waals surface area contributed by atoms with Gasteiger partial charge in [-0.1, -0.05) is 6.92 Å². The predicted octanol–water partition coefficient (Wildman–Crippen LogP) is 1.86. The second-order valence-corrected chi connectivity index (χ2v) is 3.69. The average Bonchev–Trinajstić information content (AvgIpc) is 1.97. The summed E-state index contributed by atoms with van der Waals surface area (Å²) in [5, 5.41) is 0. The summed E-state index contributed by atoms with van der Waals surface area (Å²) < 4.78 is 4.95. The summed E-state index contributed by atoms with van der Waals surface area (Å²) in [5.74, 6) is -0.555. The fourth-order valence-electron chi connectivity index (χ4n) is 0.615. The number of ether oxygens (including phenoxy) is 1. The molecule has 0 aliphatic carbocycles. The molecular weight excluding hydrogens is 168 g/mol. The van der Waals surface area contributed by atoms with E-state index in [0.717, 1.165) is 6.08 Å². The first-order valence-corrected chi connectivity index (χ1v) is 4.29. The summed E-state index contributed by atoms with van der Waals surface area (Å²) in [6.07, 6.45) is 2.81. The Morgan fingerprint density at radius 2 is 1.77 bits per heavy atom. The third-order valence-corrected chi connectivity index (χ3v) is 1.16. The minimum absolute atomic E-state index is 0.0779. The van der Waals surface area contributed by atoms with Crippen LogP contribution in [-0.2, 0) is 14.3 Å². The molecule has 0 amide bonds. The van der Waals surface area contributed by atoms with Crippen LogP contribution >= 0.6 is 0 Å². The fraction of sp³-hybridized carbons (Fsp3) is 0.600. The predicted molar refractivity (Wildman–Crippen MR) is 50.3 cm³/mol. The van der Waals surface area contributed by atoms with Crippen molar-refractivity contribution >= 4 is 11.8 Å². The van der Waals surface area contributed by atoms with Crippen molar-refractivity contribution in [2.45, 2.75) is 39.7 Å². The van der Waals surface area contributed by atoms with Crippen LogP contribution in [0.15, 0.2) is 12.2 Å². The number of esters is 1. The molecule has 13 heavy (non-hydrogen) atoms. The van der Waals surface area contributed by atoms with Crippen LogP contribution in [0, 0.1) is 0 Å². The topological polar surface area (TPSA) is 43.4 Å². The van der Waals surface area contributed by atoms with Crippen molar-refractivity contribution in [2.75, 3.05) is 0 Å². The van der Waals surface area contributed by atoms with E-state index in [1.54, 1.807) is 27.7 Å². The van der Waals surface area contributed by atoms with Gasteiger partial charge in [-0.3, -0.25) is 4.79 Å². The quantitative estimate of drug-likeness (QED) is 0.496. The van der Waals surface area contributed by atoms with Gasteiger partial charge in [-0.2, -0.15) is 0 Å². The number of carbonyl (C=O) groups excluding carboxylic acids is 2. The average molecular weight is 184 g/mol. The van der Waals surface area contributed by atoms with E-state index in [4.69, 9.17) is 4.74 Å². The smallest absolute Gasteiger partial charge is 0.331 e. The van der Waals surface area contributed by atoms with Gasteiger partial charge in [0.2, 0.25) is 0 Å². The van der Waals surface area contributed by atoms with Crippen LogP contribution in [0.2, 0.25) is 0 Å². The summed E-state index contributed by atoms with van der Waals surface area (Å²) in [4.78, 5) is 21.8. The molecule has 0 radical (unpaired) electrons. The fourth-order valence-corrected chi connectivity index (χ4v) is 0.615. The molecule has 0 unspecified atom stereocenters. The van der Waals surface area contributed by atoms with Crippen LogP contribution in [0.25, 0.3) is 0 Å². The summed E-state index contributed by atoms with van der Waals surface area (Å²) in [6, 6.07) is 0. The highest BCUT2D eigenvalue weighted by molar-refractivity contribution is 5.95. The van der Waals surface area contributed by atoms with Gasteiger partial charge in [-0.05, 0) is 26.8 Å². The van der Waals surface area contributed by atoms with Crippen molar-refractivity contribution in [1.29, 1.82) is 0 Å². The molecule has 0 saturated heterocycles. The number of hydrogen-bond donors (Lipinski definition) is 0. The molecule has 0 saturated carbocycles. The van der Waals surface area contributed by atoms with Crippen LogP contribution in [0.3, 0.4) is 0 Å². The number of rotatable bonds is 3. The molecule has 0 atom stereocenters. The molecule has 0 N–H and O–H groups in total. The lowest BCUT2D eigenvalue weighted by molar-refractivity contribution is -0.148. The van der Waals surface area contributed by atoms with E-state index in [1.807, 2.05) is 0 Å². The van der Waals surface area contributed by atoms with Gasteiger partial charge in [-0.15, -0.1) is 0 Å². The van der Waals surface area contributed by atoms with E-state index in [2.05, 4.69) is 0 Å². The van der Waals surface area contributed by atoms with Crippen LogP contribution < -0.4 is 0 Å². The van der Waals surface area contributed by atoms with Crippen molar-refractivity contribution in [2.24, 2.45) is 0 Å². The molecule has 0 fully saturated rings. The maximum atomic E-state index is 11.0. The van der Waals surface area contributed by atoms with Crippen molar-refractivity contribution in [3.63, 3.8) is 0 Å². The lowest BCUT2D eigenvalue weighted by Gasteiger charge is -2.17. The highest BCUT2D eigenvalue weighted by atomic mass is 16.6. The monoisotopic (exact) mass is 184 g/mol. The Morgan fingerprint density at radius 3 is 2.15 bits per heavy atom. The Kier molecular flexibility index (Phi) is 4.38. The minimum Gasteiger partial charge on any atom is -0.457 e. The maximum absolute atomic E-state index is 11.0. The van der Waals surface area contributed by atoms with Gasteiger partial charge in [-0.25, -0.2) is 4.79 Å². The first kappa shape index (κ1) is 11.9. The normalized spacial score (nSPS) is 11.7. The second-order valence-electron chi connectivity index (χ2n) is 3.69. The van der Waals surface area contributed by atoms with E-state index < -0.39 is 11.6 Å². The minimum atomic E-state index is -0.503. The lowest BCUT2D eigenvalue weighted by atomic mass is 10.2. The van der Waals surface area contributed by atoms with Gasteiger partial charge in [0, 0.05) is 12.5 Å². The number of ketones is 1. The number of hydrogen-bond acceptors (Lipinski definition) is 3. The molecule has 0 bridgehead atoms. The summed E-state index contributed by atoms with van der Waals surface area (Å²) >= 11 is 0. The molecule has 0 aromatic heterocycles. The molecule has 0 heterocycles. The molecule has 0 aliphatic heterocycles. The molecule has 74 valence electrons. The van der Waals surface area contributed by atoms with Crippen LogP contribution in [0.4, 0.5) is 0 Å². The molecule has 0 aromatic rings. The standard InChI is InChI=1S/C10H16O3/c1-5-8(11)6-7-9(12)13-10(2,3)4/h6-7H,5H2,1-4H3/b7-6+. The number of carbonyl (C=O) groups is 2. The van der Waals surface area contributed by atoms with Crippen molar-refractivity contribution in [1.82, 2.24) is 0 Å². The van der Waals surface area contributed by atoms with Crippen molar-refractivity contribution in [3.05, 3.63) is 12.2 Å². The molecule has 0 spiro atoms.